The maximum atomic E-state index is 12.7. The van der Waals surface area contributed by atoms with Gasteiger partial charge in [0.05, 0.1) is 25.1 Å². The van der Waals surface area contributed by atoms with Gasteiger partial charge in [-0.15, -0.1) is 11.3 Å². The van der Waals surface area contributed by atoms with Crippen molar-refractivity contribution in [2.75, 3.05) is 31.6 Å². The number of rotatable bonds is 4. The fourth-order valence-corrected chi connectivity index (χ4v) is 4.49. The van der Waals surface area contributed by atoms with Crippen molar-refractivity contribution >= 4 is 33.8 Å². The normalized spacial score (nSPS) is 13.2. The van der Waals surface area contributed by atoms with Crippen molar-refractivity contribution in [1.29, 1.82) is 0 Å². The Kier molecular flexibility index (Phi) is 6.29. The predicted molar refractivity (Wildman–Crippen MR) is 141 cm³/mol. The lowest BCUT2D eigenvalue weighted by molar-refractivity contribution is 0.0303. The number of thiazole rings is 1. The van der Waals surface area contributed by atoms with Gasteiger partial charge in [-0.2, -0.15) is 5.10 Å². The van der Waals surface area contributed by atoms with Gasteiger partial charge < -0.3 is 15.0 Å². The SMILES string of the molecule is O=C(c1ccc(-c2ccc3ncc(C#Cc4ccnc(Nc5nccs5)c4)n3n2)cc1)N1CCOCC1. The van der Waals surface area contributed by atoms with Crippen molar-refractivity contribution in [2.24, 2.45) is 0 Å². The lowest BCUT2D eigenvalue weighted by Crippen LogP contribution is -2.40. The van der Waals surface area contributed by atoms with Crippen molar-refractivity contribution in [2.45, 2.75) is 0 Å². The van der Waals surface area contributed by atoms with Crippen LogP contribution in [0.25, 0.3) is 16.9 Å². The maximum absolute atomic E-state index is 12.7. The number of anilines is 2. The van der Waals surface area contributed by atoms with Gasteiger partial charge in [-0.3, -0.25) is 4.79 Å². The number of carbonyl (C=O) groups excluding carboxylic acids is 1. The Bertz CT molecular complexity index is 1610. The van der Waals surface area contributed by atoms with Crippen LogP contribution in [0.3, 0.4) is 0 Å². The summed E-state index contributed by atoms with van der Waals surface area (Å²) in [6, 6.07) is 15.1. The van der Waals surface area contributed by atoms with Crippen molar-refractivity contribution in [1.82, 2.24) is 29.5 Å². The number of nitrogens with zero attached hydrogens (tertiary/aromatic N) is 6. The number of fused-ring (bicyclic) bond motifs is 1. The van der Waals surface area contributed by atoms with Crippen molar-refractivity contribution in [3.63, 3.8) is 0 Å². The number of pyridine rings is 1. The third kappa shape index (κ3) is 5.04. The number of carbonyl (C=O) groups is 1. The molecule has 0 unspecified atom stereocenters. The first-order valence-corrected chi connectivity index (χ1v) is 12.6. The zero-order chi connectivity index (χ0) is 25.0. The van der Waals surface area contributed by atoms with Gasteiger partial charge in [0.15, 0.2) is 10.8 Å². The Hall–Kier alpha value is -4.59. The Morgan fingerprint density at radius 3 is 2.65 bits per heavy atom. The zero-order valence-corrected chi connectivity index (χ0v) is 20.5. The van der Waals surface area contributed by atoms with Gasteiger partial charge in [0.25, 0.3) is 5.91 Å². The third-order valence-corrected chi connectivity index (χ3v) is 6.54. The van der Waals surface area contributed by atoms with Crippen LogP contribution in [0.15, 0.2) is 72.5 Å². The minimum Gasteiger partial charge on any atom is -0.378 e. The molecule has 1 amide bonds. The lowest BCUT2D eigenvalue weighted by Gasteiger charge is -2.26. The molecule has 1 N–H and O–H groups in total. The first-order valence-electron chi connectivity index (χ1n) is 11.7. The summed E-state index contributed by atoms with van der Waals surface area (Å²) in [5.74, 6) is 7.04. The molecule has 1 aromatic carbocycles. The predicted octanol–water partition coefficient (Wildman–Crippen LogP) is 3.86. The molecule has 37 heavy (non-hydrogen) atoms. The van der Waals surface area contributed by atoms with E-state index >= 15 is 0 Å². The van der Waals surface area contributed by atoms with Gasteiger partial charge in [-0.25, -0.2) is 19.5 Å². The molecule has 1 fully saturated rings. The van der Waals surface area contributed by atoms with E-state index in [1.54, 1.807) is 23.1 Å². The van der Waals surface area contributed by atoms with Gasteiger partial charge in [-0.05, 0) is 42.3 Å². The highest BCUT2D eigenvalue weighted by Gasteiger charge is 2.18. The van der Waals surface area contributed by atoms with Crippen LogP contribution >= 0.6 is 11.3 Å². The summed E-state index contributed by atoms with van der Waals surface area (Å²) in [6.07, 6.45) is 5.15. The summed E-state index contributed by atoms with van der Waals surface area (Å²) in [5, 5.41) is 10.6. The number of aromatic nitrogens is 5. The average Bonchev–Trinajstić information content (AvgIpc) is 3.62. The number of hydrogen-bond donors (Lipinski definition) is 1. The molecule has 5 aromatic rings. The first kappa shape index (κ1) is 22.8. The van der Waals surface area contributed by atoms with Crippen LogP contribution in [0.2, 0.25) is 0 Å². The van der Waals surface area contributed by atoms with Gasteiger partial charge in [0, 0.05) is 47.6 Å². The average molecular weight is 508 g/mol. The molecular formula is C27H21N7O2S. The highest BCUT2D eigenvalue weighted by atomic mass is 32.1. The number of morpholine rings is 1. The fourth-order valence-electron chi connectivity index (χ4n) is 3.95. The van der Waals surface area contributed by atoms with Gasteiger partial charge in [0.2, 0.25) is 0 Å². The van der Waals surface area contributed by atoms with Crippen molar-refractivity contribution in [3.05, 3.63) is 89.3 Å². The van der Waals surface area contributed by atoms with Crippen LogP contribution in [0, 0.1) is 11.8 Å². The monoisotopic (exact) mass is 507 g/mol. The molecule has 0 atom stereocenters. The Labute approximate surface area is 216 Å². The second kappa shape index (κ2) is 10.2. The molecule has 0 bridgehead atoms. The number of nitrogens with one attached hydrogen (secondary N) is 1. The molecule has 5 heterocycles. The van der Waals surface area contributed by atoms with Gasteiger partial charge in [0.1, 0.15) is 11.5 Å². The summed E-state index contributed by atoms with van der Waals surface area (Å²) in [6.45, 7) is 2.39. The largest absolute Gasteiger partial charge is 0.378 e. The molecule has 1 aliphatic rings. The van der Waals surface area contributed by atoms with Gasteiger partial charge >= 0.3 is 0 Å². The Morgan fingerprint density at radius 1 is 0.973 bits per heavy atom. The molecular weight excluding hydrogens is 486 g/mol. The third-order valence-electron chi connectivity index (χ3n) is 5.85. The summed E-state index contributed by atoms with van der Waals surface area (Å²) in [7, 11) is 0. The van der Waals surface area contributed by atoms with E-state index in [0.29, 0.717) is 49.0 Å². The summed E-state index contributed by atoms with van der Waals surface area (Å²) >= 11 is 1.50. The van der Waals surface area contributed by atoms with Crippen LogP contribution in [0.1, 0.15) is 21.6 Å². The van der Waals surface area contributed by atoms with E-state index in [1.165, 1.54) is 11.3 Å². The number of ether oxygens (including phenoxy) is 1. The molecule has 0 saturated carbocycles. The van der Waals surface area contributed by atoms with E-state index in [9.17, 15) is 4.79 Å². The van der Waals surface area contributed by atoms with Gasteiger partial charge in [-0.1, -0.05) is 18.1 Å². The molecule has 4 aromatic heterocycles. The molecule has 1 aliphatic heterocycles. The Morgan fingerprint density at radius 2 is 1.84 bits per heavy atom. The molecule has 6 rings (SSSR count). The van der Waals surface area contributed by atoms with E-state index in [4.69, 9.17) is 9.84 Å². The zero-order valence-electron chi connectivity index (χ0n) is 19.7. The standard InChI is InChI=1S/C27H21N7O2S/c35-26(33-12-14-36-15-13-33)21-4-2-20(3-5-21)23-7-8-25-30-18-22(34(25)32-23)6-1-19-9-10-28-24(17-19)31-27-29-11-16-37-27/h2-5,7-11,16-18H,12-15H2,(H,28,29,31). The maximum Gasteiger partial charge on any atom is 0.254 e. The number of imidazole rings is 1. The number of hydrogen-bond acceptors (Lipinski definition) is 8. The van der Waals surface area contributed by atoms with E-state index in [1.807, 2.05) is 58.8 Å². The number of benzene rings is 1. The van der Waals surface area contributed by atoms with Crippen LogP contribution in [-0.4, -0.2) is 61.7 Å². The summed E-state index contributed by atoms with van der Waals surface area (Å²) in [5.41, 5.74) is 4.50. The van der Waals surface area contributed by atoms with Crippen molar-refractivity contribution < 1.29 is 9.53 Å². The molecule has 0 spiro atoms. The second-order valence-electron chi connectivity index (χ2n) is 8.26. The minimum absolute atomic E-state index is 0.0200. The molecule has 0 aliphatic carbocycles. The van der Waals surface area contributed by atoms with Crippen LogP contribution in [0.4, 0.5) is 10.9 Å². The van der Waals surface area contributed by atoms with Crippen LogP contribution in [0.5, 0.6) is 0 Å². The highest BCUT2D eigenvalue weighted by Crippen LogP contribution is 2.20. The smallest absolute Gasteiger partial charge is 0.254 e. The topological polar surface area (TPSA) is 97.5 Å². The molecule has 10 heteroatoms. The minimum atomic E-state index is 0.0200. The van der Waals surface area contributed by atoms with E-state index in [0.717, 1.165) is 22.0 Å². The summed E-state index contributed by atoms with van der Waals surface area (Å²) in [4.78, 5) is 27.5. The second-order valence-corrected chi connectivity index (χ2v) is 9.15. The van der Waals surface area contributed by atoms with E-state index < -0.39 is 0 Å². The van der Waals surface area contributed by atoms with E-state index in [-0.39, 0.29) is 5.91 Å². The molecule has 9 nitrogen and oxygen atoms in total. The van der Waals surface area contributed by atoms with Crippen LogP contribution in [-0.2, 0) is 4.74 Å². The van der Waals surface area contributed by atoms with Crippen molar-refractivity contribution in [3.8, 4) is 23.1 Å². The first-order chi connectivity index (χ1) is 18.2. The fraction of sp³-hybridized carbons (Fsp3) is 0.148. The highest BCUT2D eigenvalue weighted by molar-refractivity contribution is 7.13. The molecule has 0 radical (unpaired) electrons. The quantitative estimate of drug-likeness (QED) is 0.369. The summed E-state index contributed by atoms with van der Waals surface area (Å²) < 4.78 is 7.07. The lowest BCUT2D eigenvalue weighted by atomic mass is 10.1. The number of amides is 1. The van der Waals surface area contributed by atoms with E-state index in [2.05, 4.69) is 32.1 Å². The molecule has 1 saturated heterocycles. The Balaban J connectivity index is 1.23. The molecule has 182 valence electrons. The van der Waals surface area contributed by atoms with Crippen LogP contribution < -0.4 is 5.32 Å².